The maximum Gasteiger partial charge on any atom is 0.149 e. The van der Waals surface area contributed by atoms with Gasteiger partial charge in [0, 0.05) is 48.0 Å². The Morgan fingerprint density at radius 3 is 1.87 bits per heavy atom. The van der Waals surface area contributed by atoms with E-state index in [9.17, 15) is 0 Å². The largest absolute Gasteiger partial charge is 0.455 e. The van der Waals surface area contributed by atoms with Crippen molar-refractivity contribution in [1.82, 2.24) is 0 Å². The number of halogens is 1. The maximum absolute atomic E-state index is 6.38. The van der Waals surface area contributed by atoms with Gasteiger partial charge in [-0.3, -0.25) is 0 Å². The fourth-order valence-corrected chi connectivity index (χ4v) is 10.4. The molecule has 250 valence electrons. The van der Waals surface area contributed by atoms with Gasteiger partial charge in [-0.05, 0) is 104 Å². The molecule has 8 aromatic carbocycles. The van der Waals surface area contributed by atoms with Crippen molar-refractivity contribution in [1.29, 1.82) is 0 Å². The molecule has 0 bridgehead atoms. The number of fused-ring (bicyclic) bond motifs is 9. The van der Waals surface area contributed by atoms with Crippen LogP contribution in [0.1, 0.15) is 22.3 Å². The molecule has 0 fully saturated rings. The van der Waals surface area contributed by atoms with Gasteiger partial charge in [-0.1, -0.05) is 127 Å². The average molecular weight is 761 g/mol. The molecular formula is C49H30BrNOS. The van der Waals surface area contributed by atoms with E-state index in [-0.39, 0.29) is 0 Å². The number of benzene rings is 8. The van der Waals surface area contributed by atoms with Gasteiger partial charge in [-0.25, -0.2) is 0 Å². The lowest BCUT2D eigenvalue weighted by Crippen LogP contribution is -2.28. The molecular weight excluding hydrogens is 731 g/mol. The van der Waals surface area contributed by atoms with Crippen molar-refractivity contribution >= 4 is 86.4 Å². The van der Waals surface area contributed by atoms with Crippen molar-refractivity contribution in [2.75, 3.05) is 4.90 Å². The Balaban J connectivity index is 1.22. The summed E-state index contributed by atoms with van der Waals surface area (Å²) in [6.07, 6.45) is 0. The second-order valence-corrected chi connectivity index (χ2v) is 15.7. The Morgan fingerprint density at radius 2 is 1.06 bits per heavy atom. The molecule has 10 aromatic rings. The highest BCUT2D eigenvalue weighted by Crippen LogP contribution is 2.57. The zero-order valence-corrected chi connectivity index (χ0v) is 30.9. The average Bonchev–Trinajstić information content (AvgIpc) is 3.87. The van der Waals surface area contributed by atoms with Crippen LogP contribution in [0.3, 0.4) is 0 Å². The first kappa shape index (κ1) is 30.7. The van der Waals surface area contributed by atoms with Crippen molar-refractivity contribution in [2.24, 2.45) is 0 Å². The highest BCUT2D eigenvalue weighted by atomic mass is 79.9. The minimum atomic E-state index is -0.505. The van der Waals surface area contributed by atoms with Crippen LogP contribution in [0.15, 0.2) is 191 Å². The van der Waals surface area contributed by atoms with Gasteiger partial charge in [0.25, 0.3) is 0 Å². The number of furan rings is 1. The van der Waals surface area contributed by atoms with Crippen molar-refractivity contribution in [3.8, 4) is 11.1 Å². The maximum atomic E-state index is 6.38. The molecule has 0 radical (unpaired) electrons. The SMILES string of the molecule is Brc1cc(N(c2ccc3c(c2)C(c2ccccc2)(c2ccccc2)c2ccccc2-3)c2ccc3sc4ccccc4c3c2)cc2c1oc1ccccc12. The molecule has 4 heteroatoms. The number of hydrogen-bond donors (Lipinski definition) is 0. The molecule has 53 heavy (non-hydrogen) atoms. The topological polar surface area (TPSA) is 16.4 Å². The molecule has 0 aliphatic heterocycles. The summed E-state index contributed by atoms with van der Waals surface area (Å²) in [4.78, 5) is 2.42. The first-order chi connectivity index (χ1) is 26.2. The van der Waals surface area contributed by atoms with E-state index in [1.54, 1.807) is 0 Å². The zero-order chi connectivity index (χ0) is 35.1. The van der Waals surface area contributed by atoms with Crippen molar-refractivity contribution in [2.45, 2.75) is 5.41 Å². The van der Waals surface area contributed by atoms with Crippen LogP contribution in [0, 0.1) is 0 Å². The fourth-order valence-electron chi connectivity index (χ4n) is 8.77. The van der Waals surface area contributed by atoms with Gasteiger partial charge < -0.3 is 9.32 Å². The van der Waals surface area contributed by atoms with E-state index in [1.807, 2.05) is 23.5 Å². The molecule has 0 N–H and O–H groups in total. The molecule has 2 nitrogen and oxygen atoms in total. The Hall–Kier alpha value is -5.94. The van der Waals surface area contributed by atoms with Crippen molar-refractivity contribution in [3.05, 3.63) is 209 Å². The van der Waals surface area contributed by atoms with Crippen LogP contribution < -0.4 is 4.90 Å². The number of thiophene rings is 1. The van der Waals surface area contributed by atoms with E-state index in [1.165, 1.54) is 53.6 Å². The lowest BCUT2D eigenvalue weighted by Gasteiger charge is -2.35. The lowest BCUT2D eigenvalue weighted by molar-refractivity contribution is 0.667. The number of nitrogens with zero attached hydrogens (tertiary/aromatic N) is 1. The summed E-state index contributed by atoms with van der Waals surface area (Å²) < 4.78 is 9.88. The Morgan fingerprint density at radius 1 is 0.453 bits per heavy atom. The number of hydrogen-bond acceptors (Lipinski definition) is 3. The summed E-state index contributed by atoms with van der Waals surface area (Å²) in [6.45, 7) is 0. The summed E-state index contributed by atoms with van der Waals surface area (Å²) in [7, 11) is 0. The highest BCUT2D eigenvalue weighted by molar-refractivity contribution is 9.10. The van der Waals surface area contributed by atoms with Crippen LogP contribution in [0.25, 0.3) is 53.2 Å². The summed E-state index contributed by atoms with van der Waals surface area (Å²) in [5.74, 6) is 0. The monoisotopic (exact) mass is 759 g/mol. The first-order valence-corrected chi connectivity index (χ1v) is 19.5. The Labute approximate surface area is 319 Å². The molecule has 2 aromatic heterocycles. The Kier molecular flexibility index (Phi) is 6.82. The van der Waals surface area contributed by atoms with Gasteiger partial charge in [0.2, 0.25) is 0 Å². The summed E-state index contributed by atoms with van der Waals surface area (Å²) >= 11 is 5.78. The van der Waals surface area contributed by atoms with E-state index >= 15 is 0 Å². The zero-order valence-electron chi connectivity index (χ0n) is 28.5. The summed E-state index contributed by atoms with van der Waals surface area (Å²) in [5, 5.41) is 4.72. The van der Waals surface area contributed by atoms with Crippen molar-refractivity contribution < 1.29 is 4.42 Å². The highest BCUT2D eigenvalue weighted by Gasteiger charge is 2.46. The van der Waals surface area contributed by atoms with Gasteiger partial charge in [0.1, 0.15) is 11.2 Å². The number of para-hydroxylation sites is 1. The third kappa shape index (κ3) is 4.49. The van der Waals surface area contributed by atoms with Crippen LogP contribution in [-0.4, -0.2) is 0 Å². The normalized spacial score (nSPS) is 13.2. The molecule has 0 saturated carbocycles. The van der Waals surface area contributed by atoms with Gasteiger partial charge in [0.15, 0.2) is 0 Å². The molecule has 1 aliphatic carbocycles. The van der Waals surface area contributed by atoms with E-state index < -0.39 is 5.41 Å². The molecule has 0 amide bonds. The van der Waals surface area contributed by atoms with Gasteiger partial charge in [0.05, 0.1) is 9.89 Å². The molecule has 1 aliphatic rings. The quantitative estimate of drug-likeness (QED) is 0.174. The number of rotatable bonds is 5. The molecule has 0 saturated heterocycles. The molecule has 11 rings (SSSR count). The van der Waals surface area contributed by atoms with Gasteiger partial charge >= 0.3 is 0 Å². The minimum absolute atomic E-state index is 0.505. The van der Waals surface area contributed by atoms with Gasteiger partial charge in [-0.2, -0.15) is 0 Å². The smallest absolute Gasteiger partial charge is 0.149 e. The summed E-state index contributed by atoms with van der Waals surface area (Å²) in [6, 6.07) is 66.5. The second kappa shape index (κ2) is 11.8. The van der Waals surface area contributed by atoms with Crippen LogP contribution in [-0.2, 0) is 5.41 Å². The van der Waals surface area contributed by atoms with E-state index in [0.29, 0.717) is 0 Å². The van der Waals surface area contributed by atoms with Crippen LogP contribution >= 0.6 is 27.3 Å². The third-order valence-electron chi connectivity index (χ3n) is 11.0. The standard InChI is InChI=1S/C49H30BrNOS/c50-44-30-35(28-41-38-18-8-11-21-45(38)52-48(41)44)51(33-24-26-47-40(27-33)39-19-9-12-22-46(39)53-47)34-23-25-37-36-17-7-10-20-42(36)49(43(37)29-34,31-13-3-1-4-14-31)32-15-5-2-6-16-32/h1-30H. The van der Waals surface area contributed by atoms with Crippen molar-refractivity contribution in [3.63, 3.8) is 0 Å². The van der Waals surface area contributed by atoms with Crippen LogP contribution in [0.2, 0.25) is 0 Å². The van der Waals surface area contributed by atoms with Crippen LogP contribution in [0.5, 0.6) is 0 Å². The fraction of sp³-hybridized carbons (Fsp3) is 0.0204. The molecule has 0 unspecified atom stereocenters. The van der Waals surface area contributed by atoms with E-state index in [4.69, 9.17) is 4.42 Å². The lowest BCUT2D eigenvalue weighted by atomic mass is 9.67. The number of anilines is 3. The third-order valence-corrected chi connectivity index (χ3v) is 12.7. The molecule has 2 heterocycles. The van der Waals surface area contributed by atoms with E-state index in [2.05, 4.69) is 191 Å². The minimum Gasteiger partial charge on any atom is -0.455 e. The second-order valence-electron chi connectivity index (χ2n) is 13.8. The summed E-state index contributed by atoms with van der Waals surface area (Å²) in [5.41, 5.74) is 12.1. The van der Waals surface area contributed by atoms with Crippen LogP contribution in [0.4, 0.5) is 17.1 Å². The predicted octanol–water partition coefficient (Wildman–Crippen LogP) is 14.5. The Bertz CT molecular complexity index is 2990. The molecule has 0 spiro atoms. The van der Waals surface area contributed by atoms with E-state index in [0.717, 1.165) is 43.5 Å². The first-order valence-electron chi connectivity index (χ1n) is 17.9. The molecule has 0 atom stereocenters. The van der Waals surface area contributed by atoms with Gasteiger partial charge in [-0.15, -0.1) is 11.3 Å². The predicted molar refractivity (Wildman–Crippen MR) is 226 cm³/mol.